The highest BCUT2D eigenvalue weighted by Gasteiger charge is 2.27. The molecule has 1 aliphatic heterocycles. The Labute approximate surface area is 223 Å². The summed E-state index contributed by atoms with van der Waals surface area (Å²) in [6.45, 7) is 11.1. The minimum absolute atomic E-state index is 0.0943. The zero-order valence-electron chi connectivity index (χ0n) is 22.2. The van der Waals surface area contributed by atoms with Gasteiger partial charge in [0, 0.05) is 49.5 Å². The molecule has 0 aliphatic carbocycles. The first kappa shape index (κ1) is 26.9. The van der Waals surface area contributed by atoms with Gasteiger partial charge in [-0.25, -0.2) is 9.97 Å². The second-order valence-corrected chi connectivity index (χ2v) is 10.7. The second kappa shape index (κ2) is 12.4. The molecule has 0 bridgehead atoms. The molecule has 1 N–H and O–H groups in total. The number of thiophene rings is 1. The van der Waals surface area contributed by atoms with Gasteiger partial charge < -0.3 is 15.1 Å². The third-order valence-corrected chi connectivity index (χ3v) is 8.13. The average molecular weight is 520 g/mol. The zero-order valence-corrected chi connectivity index (χ0v) is 23.1. The van der Waals surface area contributed by atoms with Gasteiger partial charge in [0.15, 0.2) is 5.78 Å². The summed E-state index contributed by atoms with van der Waals surface area (Å²) in [5, 5.41) is 7.40. The van der Waals surface area contributed by atoms with Crippen molar-refractivity contribution in [3.8, 4) is 0 Å². The summed E-state index contributed by atoms with van der Waals surface area (Å²) >= 11 is 1.73. The van der Waals surface area contributed by atoms with Gasteiger partial charge >= 0.3 is 0 Å². The van der Waals surface area contributed by atoms with Crippen molar-refractivity contribution in [2.24, 2.45) is 0 Å². The Morgan fingerprint density at radius 2 is 1.78 bits per heavy atom. The molecule has 8 heteroatoms. The topological polar surface area (TPSA) is 78.4 Å². The van der Waals surface area contributed by atoms with Crippen LogP contribution in [-0.2, 0) is 6.54 Å². The number of aryl methyl sites for hydroxylation is 2. The van der Waals surface area contributed by atoms with E-state index in [0.29, 0.717) is 35.6 Å². The summed E-state index contributed by atoms with van der Waals surface area (Å²) in [6, 6.07) is 11.1. The first-order chi connectivity index (χ1) is 17.8. The minimum atomic E-state index is -0.0960. The van der Waals surface area contributed by atoms with E-state index in [1.165, 1.54) is 17.6 Å². The molecule has 4 rings (SSSR count). The molecule has 196 valence electrons. The van der Waals surface area contributed by atoms with Crippen LogP contribution in [0, 0.1) is 13.8 Å². The number of Topliss-reactive ketones (excluding diaryl/α,β-unsaturated/α-hetero) is 1. The quantitative estimate of drug-likeness (QED) is 0.378. The summed E-state index contributed by atoms with van der Waals surface area (Å²) in [6.07, 6.45) is 4.55. The van der Waals surface area contributed by atoms with Gasteiger partial charge in [-0.15, -0.1) is 0 Å². The second-order valence-electron chi connectivity index (χ2n) is 9.94. The lowest BCUT2D eigenvalue weighted by molar-refractivity contribution is 0.0942. The first-order valence-corrected chi connectivity index (χ1v) is 14.0. The Bertz CT molecular complexity index is 1170. The van der Waals surface area contributed by atoms with Crippen LogP contribution in [0.4, 0.5) is 5.69 Å². The standard InChI is InChI=1S/C29H37N5O2S/c1-20(9-13-30-29(36)28-21(2)31-19-32-22(28)3)33-14-10-27(11-15-33)34(17-24-12-16-37-18-24)26-7-5-25(6-8-26)23(4)35/h5-8,12,16,18-20,27H,9-11,13-15,17H2,1-4H3,(H,30,36)/t20-/m1/s1. The lowest BCUT2D eigenvalue weighted by Gasteiger charge is -2.42. The number of benzene rings is 1. The molecule has 2 aromatic heterocycles. The predicted octanol–water partition coefficient (Wildman–Crippen LogP) is 5.04. The van der Waals surface area contributed by atoms with Crippen LogP contribution in [0.5, 0.6) is 0 Å². The summed E-state index contributed by atoms with van der Waals surface area (Å²) in [4.78, 5) is 37.8. The lowest BCUT2D eigenvalue weighted by Crippen LogP contribution is -2.48. The fraction of sp³-hybridized carbons (Fsp3) is 0.448. The van der Waals surface area contributed by atoms with Crippen molar-refractivity contribution < 1.29 is 9.59 Å². The molecule has 0 unspecified atom stereocenters. The molecule has 0 radical (unpaired) electrons. The van der Waals surface area contributed by atoms with Crippen LogP contribution in [0.3, 0.4) is 0 Å². The van der Waals surface area contributed by atoms with Crippen LogP contribution in [0.15, 0.2) is 47.4 Å². The molecule has 0 saturated carbocycles. The first-order valence-electron chi connectivity index (χ1n) is 13.0. The normalized spacial score (nSPS) is 15.4. The monoisotopic (exact) mass is 519 g/mol. The molecular weight excluding hydrogens is 482 g/mol. The van der Waals surface area contributed by atoms with Crippen molar-refractivity contribution in [1.29, 1.82) is 0 Å². The van der Waals surface area contributed by atoms with Crippen LogP contribution in [0.2, 0.25) is 0 Å². The van der Waals surface area contributed by atoms with Crippen molar-refractivity contribution in [3.63, 3.8) is 0 Å². The van der Waals surface area contributed by atoms with Gasteiger partial charge in [0.2, 0.25) is 0 Å². The molecule has 1 atom stereocenters. The number of carbonyl (C=O) groups is 2. The van der Waals surface area contributed by atoms with Gasteiger partial charge in [0.25, 0.3) is 5.91 Å². The van der Waals surface area contributed by atoms with Gasteiger partial charge in [0.05, 0.1) is 17.0 Å². The van der Waals surface area contributed by atoms with Crippen LogP contribution < -0.4 is 10.2 Å². The van der Waals surface area contributed by atoms with Crippen LogP contribution in [0.25, 0.3) is 0 Å². The van der Waals surface area contributed by atoms with E-state index < -0.39 is 0 Å². The molecular formula is C29H37N5O2S. The maximum atomic E-state index is 12.7. The molecule has 1 amide bonds. The molecule has 1 aliphatic rings. The van der Waals surface area contributed by atoms with E-state index in [-0.39, 0.29) is 11.7 Å². The Hall–Kier alpha value is -3.10. The Morgan fingerprint density at radius 1 is 1.11 bits per heavy atom. The SMILES string of the molecule is CC(=O)c1ccc(N(Cc2ccsc2)C2CCN([C@H](C)CCNC(=O)c3c(C)ncnc3C)CC2)cc1. The Balaban J connectivity index is 1.32. The number of anilines is 1. The van der Waals surface area contributed by atoms with E-state index in [4.69, 9.17) is 0 Å². The lowest BCUT2D eigenvalue weighted by atomic mass is 9.99. The smallest absolute Gasteiger partial charge is 0.254 e. The molecule has 0 spiro atoms. The number of aromatic nitrogens is 2. The summed E-state index contributed by atoms with van der Waals surface area (Å²) in [5.74, 6) is -0.00170. The van der Waals surface area contributed by atoms with Crippen LogP contribution in [0.1, 0.15) is 70.8 Å². The van der Waals surface area contributed by atoms with Crippen LogP contribution >= 0.6 is 11.3 Å². The molecule has 1 saturated heterocycles. The van der Waals surface area contributed by atoms with Crippen LogP contribution in [-0.4, -0.2) is 58.3 Å². The third-order valence-electron chi connectivity index (χ3n) is 7.40. The van der Waals surface area contributed by atoms with Gasteiger partial charge in [-0.3, -0.25) is 9.59 Å². The molecule has 7 nitrogen and oxygen atoms in total. The molecule has 1 fully saturated rings. The highest BCUT2D eigenvalue weighted by Crippen LogP contribution is 2.28. The number of hydrogen-bond acceptors (Lipinski definition) is 7. The van der Waals surface area contributed by atoms with Crippen molar-refractivity contribution >= 4 is 28.7 Å². The van der Waals surface area contributed by atoms with Crippen molar-refractivity contribution in [2.75, 3.05) is 24.5 Å². The van der Waals surface area contributed by atoms with Gasteiger partial charge in [0.1, 0.15) is 6.33 Å². The van der Waals surface area contributed by atoms with E-state index >= 15 is 0 Å². The van der Waals surface area contributed by atoms with E-state index in [1.807, 2.05) is 26.0 Å². The minimum Gasteiger partial charge on any atom is -0.364 e. The third kappa shape index (κ3) is 6.81. The van der Waals surface area contributed by atoms with E-state index in [1.54, 1.807) is 18.3 Å². The summed E-state index contributed by atoms with van der Waals surface area (Å²) < 4.78 is 0. The largest absolute Gasteiger partial charge is 0.364 e. The highest BCUT2D eigenvalue weighted by atomic mass is 32.1. The zero-order chi connectivity index (χ0) is 26.4. The number of piperidine rings is 1. The average Bonchev–Trinajstić information content (AvgIpc) is 3.41. The molecule has 3 aromatic rings. The fourth-order valence-corrected chi connectivity index (χ4v) is 5.78. The number of rotatable bonds is 10. The van der Waals surface area contributed by atoms with E-state index in [0.717, 1.165) is 44.5 Å². The maximum Gasteiger partial charge on any atom is 0.254 e. The molecule has 1 aromatic carbocycles. The summed E-state index contributed by atoms with van der Waals surface area (Å²) in [7, 11) is 0. The maximum absolute atomic E-state index is 12.7. The van der Waals surface area contributed by atoms with Crippen molar-refractivity contribution in [2.45, 2.75) is 65.6 Å². The van der Waals surface area contributed by atoms with Crippen molar-refractivity contribution in [3.05, 3.63) is 75.5 Å². The molecule has 37 heavy (non-hydrogen) atoms. The molecule has 3 heterocycles. The Morgan fingerprint density at radius 3 is 2.38 bits per heavy atom. The van der Waals surface area contributed by atoms with E-state index in [9.17, 15) is 9.59 Å². The van der Waals surface area contributed by atoms with Gasteiger partial charge in [-0.1, -0.05) is 0 Å². The number of ketones is 1. The number of amides is 1. The fourth-order valence-electron chi connectivity index (χ4n) is 5.12. The van der Waals surface area contributed by atoms with E-state index in [2.05, 4.69) is 61.0 Å². The number of nitrogens with one attached hydrogen (secondary N) is 1. The number of likely N-dealkylation sites (tertiary alicyclic amines) is 1. The highest BCUT2D eigenvalue weighted by molar-refractivity contribution is 7.07. The predicted molar refractivity (Wildman–Crippen MR) is 149 cm³/mol. The number of carbonyl (C=O) groups excluding carboxylic acids is 2. The summed E-state index contributed by atoms with van der Waals surface area (Å²) in [5.41, 5.74) is 5.24. The van der Waals surface area contributed by atoms with Crippen molar-refractivity contribution in [1.82, 2.24) is 20.2 Å². The number of nitrogens with zero attached hydrogens (tertiary/aromatic N) is 4. The van der Waals surface area contributed by atoms with Gasteiger partial charge in [-0.2, -0.15) is 11.3 Å². The van der Waals surface area contributed by atoms with Gasteiger partial charge in [-0.05, 0) is 93.6 Å². The number of hydrogen-bond donors (Lipinski definition) is 1. The Kier molecular flexibility index (Phi) is 9.05.